The number of halogens is 2. The SMILES string of the molecule is Cc1cc(C)n2c1C=C1C=CC(CCC(=O)NCCCCCC(=O)NCCCCCC(=O)O)=[N+]1[B-]2(F)F. The van der Waals surface area contributed by atoms with E-state index in [0.717, 1.165) is 40.2 Å². The zero-order valence-electron chi connectivity index (χ0n) is 21.7. The van der Waals surface area contributed by atoms with Crippen LogP contribution in [0.5, 0.6) is 0 Å². The van der Waals surface area contributed by atoms with Gasteiger partial charge in [0.1, 0.15) is 5.71 Å². The van der Waals surface area contributed by atoms with Crippen LogP contribution in [-0.4, -0.2) is 57.6 Å². The van der Waals surface area contributed by atoms with Crippen LogP contribution in [-0.2, 0) is 14.4 Å². The third-order valence-electron chi connectivity index (χ3n) is 6.81. The van der Waals surface area contributed by atoms with Crippen molar-refractivity contribution in [3.63, 3.8) is 0 Å². The van der Waals surface area contributed by atoms with Crippen LogP contribution in [0.2, 0.25) is 0 Å². The molecule has 202 valence electrons. The summed E-state index contributed by atoms with van der Waals surface area (Å²) >= 11 is 0. The summed E-state index contributed by atoms with van der Waals surface area (Å²) in [5.74, 6) is -1.00. The maximum Gasteiger partial charge on any atom is 0.737 e. The number of unbranched alkanes of at least 4 members (excludes halogenated alkanes) is 4. The zero-order chi connectivity index (χ0) is 27.0. The van der Waals surface area contributed by atoms with Crippen molar-refractivity contribution in [2.24, 2.45) is 0 Å². The average Bonchev–Trinajstić information content (AvgIpc) is 3.38. The molecule has 3 heterocycles. The molecule has 1 aromatic rings. The quantitative estimate of drug-likeness (QED) is 0.242. The van der Waals surface area contributed by atoms with Gasteiger partial charge in [-0.25, -0.2) is 0 Å². The number of fused-ring (bicyclic) bond motifs is 2. The van der Waals surface area contributed by atoms with E-state index in [-0.39, 0.29) is 31.1 Å². The van der Waals surface area contributed by atoms with Crippen molar-refractivity contribution >= 4 is 36.5 Å². The van der Waals surface area contributed by atoms with Gasteiger partial charge in [0.15, 0.2) is 5.70 Å². The first-order valence-electron chi connectivity index (χ1n) is 13.1. The van der Waals surface area contributed by atoms with Crippen molar-refractivity contribution in [3.8, 4) is 0 Å². The molecule has 0 atom stereocenters. The number of carboxylic acid groups (broad SMARTS) is 1. The molecule has 3 N–H and O–H groups in total. The minimum Gasteiger partial charge on any atom is -0.481 e. The largest absolute Gasteiger partial charge is 0.737 e. The molecule has 0 saturated carbocycles. The molecular weight excluding hydrogens is 481 g/mol. The summed E-state index contributed by atoms with van der Waals surface area (Å²) < 4.78 is 33.0. The number of allylic oxidation sites excluding steroid dienone is 2. The van der Waals surface area contributed by atoms with Crippen molar-refractivity contribution < 1.29 is 32.6 Å². The number of hydrogen-bond acceptors (Lipinski definition) is 3. The maximum atomic E-state index is 15.4. The highest BCUT2D eigenvalue weighted by Gasteiger charge is 2.52. The number of carbonyl (C=O) groups is 3. The van der Waals surface area contributed by atoms with Crippen LogP contribution in [0, 0.1) is 13.8 Å². The average molecular weight is 518 g/mol. The van der Waals surface area contributed by atoms with E-state index < -0.39 is 12.9 Å². The summed E-state index contributed by atoms with van der Waals surface area (Å²) in [6.45, 7) is 0.527. The fourth-order valence-corrected chi connectivity index (χ4v) is 4.94. The van der Waals surface area contributed by atoms with Crippen LogP contribution in [0.1, 0.15) is 81.2 Å². The smallest absolute Gasteiger partial charge is 0.481 e. The van der Waals surface area contributed by atoms with Gasteiger partial charge in [0.25, 0.3) is 0 Å². The second kappa shape index (κ2) is 12.8. The van der Waals surface area contributed by atoms with E-state index >= 15 is 8.63 Å². The van der Waals surface area contributed by atoms with Crippen LogP contribution in [0.15, 0.2) is 23.9 Å². The highest BCUT2D eigenvalue weighted by Crippen LogP contribution is 2.34. The minimum atomic E-state index is -4.02. The molecule has 2 aliphatic rings. The number of aryl methyl sites for hydroxylation is 2. The first kappa shape index (κ1) is 28.3. The van der Waals surface area contributed by atoms with E-state index in [4.69, 9.17) is 5.11 Å². The molecule has 0 spiro atoms. The molecule has 2 aliphatic heterocycles. The van der Waals surface area contributed by atoms with Crippen molar-refractivity contribution in [1.29, 1.82) is 0 Å². The van der Waals surface area contributed by atoms with Gasteiger partial charge < -0.3 is 33.3 Å². The lowest BCUT2D eigenvalue weighted by molar-refractivity contribution is -0.362. The number of nitrogens with zero attached hydrogens (tertiary/aromatic N) is 2. The van der Waals surface area contributed by atoms with Crippen molar-refractivity contribution in [2.75, 3.05) is 13.1 Å². The van der Waals surface area contributed by atoms with Gasteiger partial charge in [-0.3, -0.25) is 14.4 Å². The predicted octanol–water partition coefficient (Wildman–Crippen LogP) is 3.92. The fraction of sp³-hybridized carbons (Fsp3) is 0.538. The van der Waals surface area contributed by atoms with Crippen LogP contribution < -0.4 is 10.6 Å². The normalized spacial score (nSPS) is 15.3. The van der Waals surface area contributed by atoms with Gasteiger partial charge in [-0.05, 0) is 56.9 Å². The minimum absolute atomic E-state index is 0.0224. The summed E-state index contributed by atoms with van der Waals surface area (Å²) in [5.41, 5.74) is 2.76. The van der Waals surface area contributed by atoms with Gasteiger partial charge in [0.2, 0.25) is 11.8 Å². The van der Waals surface area contributed by atoms with E-state index in [1.54, 1.807) is 31.2 Å². The molecule has 0 radical (unpaired) electrons. The number of hydrogen-bond donors (Lipinski definition) is 3. The Morgan fingerprint density at radius 2 is 1.54 bits per heavy atom. The summed E-state index contributed by atoms with van der Waals surface area (Å²) in [5, 5.41) is 14.3. The predicted molar refractivity (Wildman–Crippen MR) is 139 cm³/mol. The lowest BCUT2D eigenvalue weighted by atomic mass is 9.90. The number of carbonyl (C=O) groups excluding carboxylic acids is 2. The third kappa shape index (κ3) is 7.39. The number of carboxylic acids is 1. The molecule has 8 nitrogen and oxygen atoms in total. The number of aromatic nitrogens is 1. The number of nitrogens with one attached hydrogen (secondary N) is 2. The van der Waals surface area contributed by atoms with Gasteiger partial charge in [-0.1, -0.05) is 12.8 Å². The van der Waals surface area contributed by atoms with Gasteiger partial charge in [0.05, 0.1) is 0 Å². The zero-order valence-corrected chi connectivity index (χ0v) is 21.7. The molecule has 0 aromatic carbocycles. The number of amides is 2. The molecule has 0 bridgehead atoms. The van der Waals surface area contributed by atoms with Crippen molar-refractivity contribution in [1.82, 2.24) is 15.1 Å². The van der Waals surface area contributed by atoms with Crippen molar-refractivity contribution in [3.05, 3.63) is 40.9 Å². The molecule has 1 aromatic heterocycles. The fourth-order valence-electron chi connectivity index (χ4n) is 4.94. The summed E-state index contributed by atoms with van der Waals surface area (Å²) in [6, 6.07) is 1.76. The molecule has 11 heteroatoms. The second-order valence-electron chi connectivity index (χ2n) is 9.79. The number of rotatable bonds is 15. The first-order valence-corrected chi connectivity index (χ1v) is 13.1. The summed E-state index contributed by atoms with van der Waals surface area (Å²) in [7, 11) is 0. The maximum absolute atomic E-state index is 15.4. The van der Waals surface area contributed by atoms with E-state index in [9.17, 15) is 14.4 Å². The molecule has 3 rings (SSSR count). The molecule has 0 saturated heterocycles. The summed E-state index contributed by atoms with van der Waals surface area (Å²) in [4.78, 5) is 34.6. The Balaban J connectivity index is 1.32. The van der Waals surface area contributed by atoms with Gasteiger partial charge >= 0.3 is 12.9 Å². The molecule has 2 amide bonds. The van der Waals surface area contributed by atoms with Crippen LogP contribution in [0.3, 0.4) is 0 Å². The highest BCUT2D eigenvalue weighted by molar-refractivity contribution is 6.58. The standard InChI is InChI=1S/C26H37BF2N4O4/c1-19-17-20(2)32-23(19)18-22-12-11-21(33(22)27(32,28)29)13-14-25(35)31-16-7-3-5-9-24(34)30-15-8-4-6-10-26(36)37/h11-12,17-18H,3-10,13-16H2,1-2H3,(H,30,34)(H,31,35)(H,36,37). The van der Waals surface area contributed by atoms with Gasteiger partial charge in [-0.15, -0.1) is 0 Å². The topological polar surface area (TPSA) is 103 Å². The third-order valence-corrected chi connectivity index (χ3v) is 6.81. The van der Waals surface area contributed by atoms with E-state index in [1.807, 2.05) is 6.92 Å². The molecule has 0 unspecified atom stereocenters. The lowest BCUT2D eigenvalue weighted by Gasteiger charge is -2.30. The van der Waals surface area contributed by atoms with E-state index in [2.05, 4.69) is 10.6 Å². The lowest BCUT2D eigenvalue weighted by Crippen LogP contribution is -2.50. The second-order valence-corrected chi connectivity index (χ2v) is 9.79. The van der Waals surface area contributed by atoms with Gasteiger partial charge in [0, 0.05) is 62.7 Å². The number of aliphatic carboxylic acids is 1. The van der Waals surface area contributed by atoms with Crippen LogP contribution in [0.4, 0.5) is 8.63 Å². The molecule has 0 aliphatic carbocycles. The van der Waals surface area contributed by atoms with Crippen molar-refractivity contribution in [2.45, 2.75) is 78.1 Å². The van der Waals surface area contributed by atoms with Crippen LogP contribution >= 0.6 is 0 Å². The Hall–Kier alpha value is -3.24. The van der Waals surface area contributed by atoms with E-state index in [0.29, 0.717) is 55.1 Å². The van der Waals surface area contributed by atoms with E-state index in [1.165, 1.54) is 0 Å². The Morgan fingerprint density at radius 1 is 0.919 bits per heavy atom. The monoisotopic (exact) mass is 518 g/mol. The first-order chi connectivity index (χ1) is 17.6. The Bertz CT molecular complexity index is 1120. The Kier molecular flexibility index (Phi) is 9.83. The Labute approximate surface area is 216 Å². The molecule has 37 heavy (non-hydrogen) atoms. The Morgan fingerprint density at radius 3 is 2.19 bits per heavy atom. The highest BCUT2D eigenvalue weighted by atomic mass is 19.2. The molecular formula is C26H37BF2N4O4. The van der Waals surface area contributed by atoms with Gasteiger partial charge in [-0.2, -0.15) is 0 Å². The summed E-state index contributed by atoms with van der Waals surface area (Å²) in [6.07, 6.45) is 10.4. The molecule has 0 fully saturated rings. The van der Waals surface area contributed by atoms with Crippen LogP contribution in [0.25, 0.3) is 6.08 Å².